The standard InChI is InChI=1S/C12H14ClN3O2/c1-12(2)11(18)15-5-6-16(12)10(17)8-7-14-4-3-9(8)13/h3-4,7H,5-6H2,1-2H3,(H,15,18). The molecule has 0 unspecified atom stereocenters. The van der Waals surface area contributed by atoms with Gasteiger partial charge in [-0.1, -0.05) is 11.6 Å². The molecule has 2 heterocycles. The normalized spacial score (nSPS) is 18.4. The molecule has 1 fully saturated rings. The third-order valence-corrected chi connectivity index (χ3v) is 3.42. The van der Waals surface area contributed by atoms with Gasteiger partial charge in [0.2, 0.25) is 5.91 Å². The van der Waals surface area contributed by atoms with Crippen molar-refractivity contribution in [2.24, 2.45) is 0 Å². The maximum atomic E-state index is 12.4. The first-order valence-corrected chi connectivity index (χ1v) is 6.02. The van der Waals surface area contributed by atoms with Gasteiger partial charge in [0, 0.05) is 25.5 Å². The van der Waals surface area contributed by atoms with Gasteiger partial charge in [-0.15, -0.1) is 0 Å². The van der Waals surface area contributed by atoms with Crippen molar-refractivity contribution in [3.05, 3.63) is 29.0 Å². The highest BCUT2D eigenvalue weighted by molar-refractivity contribution is 6.33. The molecule has 6 heteroatoms. The second-order valence-electron chi connectivity index (χ2n) is 4.63. The Hall–Kier alpha value is -1.62. The summed E-state index contributed by atoms with van der Waals surface area (Å²) in [6.45, 7) is 4.34. The lowest BCUT2D eigenvalue weighted by Gasteiger charge is -2.41. The van der Waals surface area contributed by atoms with Gasteiger partial charge in [-0.05, 0) is 19.9 Å². The first-order valence-electron chi connectivity index (χ1n) is 5.64. The van der Waals surface area contributed by atoms with Crippen molar-refractivity contribution in [2.75, 3.05) is 13.1 Å². The summed E-state index contributed by atoms with van der Waals surface area (Å²) in [6.07, 6.45) is 2.94. The molecule has 1 aliphatic rings. The van der Waals surface area contributed by atoms with Crippen molar-refractivity contribution >= 4 is 23.4 Å². The maximum absolute atomic E-state index is 12.4. The fraction of sp³-hybridized carbons (Fsp3) is 0.417. The summed E-state index contributed by atoms with van der Waals surface area (Å²) in [7, 11) is 0. The van der Waals surface area contributed by atoms with Crippen LogP contribution >= 0.6 is 11.6 Å². The number of hydrogen-bond acceptors (Lipinski definition) is 3. The summed E-state index contributed by atoms with van der Waals surface area (Å²) in [5, 5.41) is 3.09. The maximum Gasteiger partial charge on any atom is 0.257 e. The Balaban J connectivity index is 2.34. The van der Waals surface area contributed by atoms with Crippen LogP contribution in [0.25, 0.3) is 0 Å². The quantitative estimate of drug-likeness (QED) is 0.828. The Morgan fingerprint density at radius 2 is 2.28 bits per heavy atom. The molecule has 18 heavy (non-hydrogen) atoms. The zero-order valence-electron chi connectivity index (χ0n) is 10.2. The smallest absolute Gasteiger partial charge is 0.257 e. The van der Waals surface area contributed by atoms with Crippen molar-refractivity contribution in [2.45, 2.75) is 19.4 Å². The van der Waals surface area contributed by atoms with E-state index in [2.05, 4.69) is 10.3 Å². The highest BCUT2D eigenvalue weighted by atomic mass is 35.5. The van der Waals surface area contributed by atoms with E-state index in [-0.39, 0.29) is 11.8 Å². The molecule has 1 N–H and O–H groups in total. The van der Waals surface area contributed by atoms with E-state index in [0.29, 0.717) is 23.7 Å². The lowest BCUT2D eigenvalue weighted by atomic mass is 9.98. The number of rotatable bonds is 1. The van der Waals surface area contributed by atoms with Crippen LogP contribution in [0.3, 0.4) is 0 Å². The van der Waals surface area contributed by atoms with Gasteiger partial charge in [0.1, 0.15) is 5.54 Å². The molecule has 2 rings (SSSR count). The second-order valence-corrected chi connectivity index (χ2v) is 5.03. The first kappa shape index (κ1) is 12.8. The minimum absolute atomic E-state index is 0.165. The van der Waals surface area contributed by atoms with Crippen LogP contribution in [0.5, 0.6) is 0 Å². The zero-order chi connectivity index (χ0) is 13.3. The third kappa shape index (κ3) is 2.06. The molecule has 1 saturated heterocycles. The Morgan fingerprint density at radius 1 is 1.56 bits per heavy atom. The van der Waals surface area contributed by atoms with Crippen molar-refractivity contribution in [3.63, 3.8) is 0 Å². The van der Waals surface area contributed by atoms with Gasteiger partial charge >= 0.3 is 0 Å². The predicted molar refractivity (Wildman–Crippen MR) is 67.4 cm³/mol. The summed E-state index contributed by atoms with van der Waals surface area (Å²) in [4.78, 5) is 29.6. The Kier molecular flexibility index (Phi) is 3.26. The molecular weight excluding hydrogens is 254 g/mol. The van der Waals surface area contributed by atoms with Crippen LogP contribution < -0.4 is 5.32 Å². The molecule has 1 aromatic rings. The van der Waals surface area contributed by atoms with Crippen LogP contribution in [-0.2, 0) is 4.79 Å². The third-order valence-electron chi connectivity index (χ3n) is 3.09. The zero-order valence-corrected chi connectivity index (χ0v) is 11.0. The molecule has 96 valence electrons. The monoisotopic (exact) mass is 267 g/mol. The molecule has 1 aromatic heterocycles. The minimum Gasteiger partial charge on any atom is -0.352 e. The van der Waals surface area contributed by atoms with E-state index in [4.69, 9.17) is 11.6 Å². The van der Waals surface area contributed by atoms with Crippen LogP contribution in [0.2, 0.25) is 5.02 Å². The number of carbonyl (C=O) groups is 2. The van der Waals surface area contributed by atoms with E-state index in [0.717, 1.165) is 0 Å². The molecule has 2 amide bonds. The predicted octanol–water partition coefficient (Wildman–Crippen LogP) is 1.09. The van der Waals surface area contributed by atoms with Crippen LogP contribution in [0.15, 0.2) is 18.5 Å². The van der Waals surface area contributed by atoms with Gasteiger partial charge in [-0.2, -0.15) is 0 Å². The minimum atomic E-state index is -0.880. The molecule has 0 aliphatic carbocycles. The number of nitrogens with zero attached hydrogens (tertiary/aromatic N) is 2. The summed E-state index contributed by atoms with van der Waals surface area (Å²) in [5.74, 6) is -0.435. The summed E-state index contributed by atoms with van der Waals surface area (Å²) in [6, 6.07) is 1.56. The SMILES string of the molecule is CC1(C)C(=O)NCCN1C(=O)c1cnccc1Cl. The molecule has 0 radical (unpaired) electrons. The molecule has 0 atom stereocenters. The number of amides is 2. The lowest BCUT2D eigenvalue weighted by molar-refractivity contribution is -0.133. The highest BCUT2D eigenvalue weighted by Crippen LogP contribution is 2.23. The van der Waals surface area contributed by atoms with Gasteiger partial charge in [0.05, 0.1) is 10.6 Å². The molecule has 1 aliphatic heterocycles. The Morgan fingerprint density at radius 3 is 2.94 bits per heavy atom. The van der Waals surface area contributed by atoms with E-state index < -0.39 is 5.54 Å². The average molecular weight is 268 g/mol. The average Bonchev–Trinajstić information content (AvgIpc) is 2.32. The summed E-state index contributed by atoms with van der Waals surface area (Å²) in [5.41, 5.74) is -0.559. The fourth-order valence-corrected chi connectivity index (χ4v) is 2.12. The van der Waals surface area contributed by atoms with Gasteiger partial charge < -0.3 is 10.2 Å². The van der Waals surface area contributed by atoms with Crippen molar-refractivity contribution in [1.29, 1.82) is 0 Å². The van der Waals surface area contributed by atoms with E-state index in [1.54, 1.807) is 19.9 Å². The van der Waals surface area contributed by atoms with Crippen LogP contribution in [0.1, 0.15) is 24.2 Å². The van der Waals surface area contributed by atoms with Gasteiger partial charge in [-0.3, -0.25) is 14.6 Å². The largest absolute Gasteiger partial charge is 0.352 e. The van der Waals surface area contributed by atoms with Crippen molar-refractivity contribution in [3.8, 4) is 0 Å². The van der Waals surface area contributed by atoms with Crippen molar-refractivity contribution < 1.29 is 9.59 Å². The highest BCUT2D eigenvalue weighted by Gasteiger charge is 2.41. The number of piperazine rings is 1. The van der Waals surface area contributed by atoms with E-state index >= 15 is 0 Å². The Labute approximate surface area is 110 Å². The van der Waals surface area contributed by atoms with Crippen LogP contribution in [-0.4, -0.2) is 40.3 Å². The molecule has 0 aromatic carbocycles. The van der Waals surface area contributed by atoms with Gasteiger partial charge in [0.15, 0.2) is 0 Å². The number of pyridine rings is 1. The summed E-state index contributed by atoms with van der Waals surface area (Å²) < 4.78 is 0. The van der Waals surface area contributed by atoms with Gasteiger partial charge in [-0.25, -0.2) is 0 Å². The molecule has 0 bridgehead atoms. The Bertz CT molecular complexity index is 502. The fourth-order valence-electron chi connectivity index (χ4n) is 1.94. The van der Waals surface area contributed by atoms with E-state index in [1.165, 1.54) is 17.3 Å². The number of hydrogen-bond donors (Lipinski definition) is 1. The second kappa shape index (κ2) is 4.57. The number of nitrogens with one attached hydrogen (secondary N) is 1. The van der Waals surface area contributed by atoms with E-state index in [9.17, 15) is 9.59 Å². The number of aromatic nitrogens is 1. The first-order chi connectivity index (χ1) is 8.44. The molecule has 0 saturated carbocycles. The number of carbonyl (C=O) groups excluding carboxylic acids is 2. The van der Waals surface area contributed by atoms with Crippen LogP contribution in [0, 0.1) is 0 Å². The molecular formula is C12H14ClN3O2. The number of halogens is 1. The van der Waals surface area contributed by atoms with Crippen LogP contribution in [0.4, 0.5) is 0 Å². The van der Waals surface area contributed by atoms with Gasteiger partial charge in [0.25, 0.3) is 5.91 Å². The van der Waals surface area contributed by atoms with E-state index in [1.807, 2.05) is 0 Å². The molecule has 5 nitrogen and oxygen atoms in total. The van der Waals surface area contributed by atoms with Crippen molar-refractivity contribution in [1.82, 2.24) is 15.2 Å². The lowest BCUT2D eigenvalue weighted by Crippen LogP contribution is -2.63. The molecule has 0 spiro atoms. The topological polar surface area (TPSA) is 62.3 Å². The summed E-state index contributed by atoms with van der Waals surface area (Å²) >= 11 is 5.98.